The standard InChI is InChI=1S/C16H32N2O2/c1-5-20-16(19)15(17-13(2)3)12-18(4)14-10-8-6-7-9-11-14/h13-15,17H,5-12H2,1-4H3. The van der Waals surface area contributed by atoms with Gasteiger partial charge in [-0.2, -0.15) is 0 Å². The highest BCUT2D eigenvalue weighted by molar-refractivity contribution is 5.76. The van der Waals surface area contributed by atoms with E-state index in [1.165, 1.54) is 38.5 Å². The lowest BCUT2D eigenvalue weighted by molar-refractivity contribution is -0.146. The normalized spacial score (nSPS) is 19.1. The highest BCUT2D eigenvalue weighted by Gasteiger charge is 2.25. The summed E-state index contributed by atoms with van der Waals surface area (Å²) in [6, 6.07) is 0.679. The van der Waals surface area contributed by atoms with Gasteiger partial charge in [-0.05, 0) is 26.8 Å². The van der Waals surface area contributed by atoms with E-state index in [9.17, 15) is 4.79 Å². The molecule has 1 saturated carbocycles. The van der Waals surface area contributed by atoms with E-state index in [1.54, 1.807) is 0 Å². The van der Waals surface area contributed by atoms with Gasteiger partial charge in [0.05, 0.1) is 6.61 Å². The number of carbonyl (C=O) groups excluding carboxylic acids is 1. The molecule has 20 heavy (non-hydrogen) atoms. The molecule has 0 aromatic carbocycles. The Balaban J connectivity index is 2.55. The number of rotatable bonds is 7. The van der Waals surface area contributed by atoms with E-state index in [4.69, 9.17) is 4.74 Å². The van der Waals surface area contributed by atoms with Crippen molar-refractivity contribution in [2.24, 2.45) is 0 Å². The maximum absolute atomic E-state index is 12.1. The summed E-state index contributed by atoms with van der Waals surface area (Å²) in [5.74, 6) is -0.123. The van der Waals surface area contributed by atoms with E-state index in [1.807, 2.05) is 6.92 Å². The van der Waals surface area contributed by atoms with E-state index in [2.05, 4.69) is 31.1 Å². The van der Waals surface area contributed by atoms with Gasteiger partial charge in [0, 0.05) is 18.6 Å². The van der Waals surface area contributed by atoms with Crippen LogP contribution < -0.4 is 5.32 Å². The van der Waals surface area contributed by atoms with Crippen molar-refractivity contribution in [2.75, 3.05) is 20.2 Å². The Morgan fingerprint density at radius 1 is 1.25 bits per heavy atom. The molecule has 0 bridgehead atoms. The molecular weight excluding hydrogens is 252 g/mol. The van der Waals surface area contributed by atoms with Crippen LogP contribution in [0, 0.1) is 0 Å². The summed E-state index contributed by atoms with van der Waals surface area (Å²) >= 11 is 0. The van der Waals surface area contributed by atoms with Gasteiger partial charge in [-0.1, -0.05) is 39.5 Å². The largest absolute Gasteiger partial charge is 0.465 e. The van der Waals surface area contributed by atoms with Crippen molar-refractivity contribution >= 4 is 5.97 Å². The zero-order valence-corrected chi connectivity index (χ0v) is 13.7. The highest BCUT2D eigenvalue weighted by Crippen LogP contribution is 2.21. The maximum atomic E-state index is 12.1. The van der Waals surface area contributed by atoms with Gasteiger partial charge in [-0.25, -0.2) is 0 Å². The van der Waals surface area contributed by atoms with Gasteiger partial charge in [0.2, 0.25) is 0 Å². The Morgan fingerprint density at radius 3 is 2.35 bits per heavy atom. The van der Waals surface area contributed by atoms with Crippen LogP contribution in [0.4, 0.5) is 0 Å². The molecule has 0 saturated heterocycles. The predicted molar refractivity (Wildman–Crippen MR) is 82.8 cm³/mol. The van der Waals surface area contributed by atoms with E-state index in [-0.39, 0.29) is 18.1 Å². The molecule has 1 fully saturated rings. The van der Waals surface area contributed by atoms with Crippen LogP contribution in [0.5, 0.6) is 0 Å². The Kier molecular flexibility index (Phi) is 8.15. The summed E-state index contributed by atoms with van der Waals surface area (Å²) in [5.41, 5.74) is 0. The molecule has 0 amide bonds. The maximum Gasteiger partial charge on any atom is 0.324 e. The molecule has 118 valence electrons. The SMILES string of the molecule is CCOC(=O)C(CN(C)C1CCCCCC1)NC(C)C. The third kappa shape index (κ3) is 6.23. The zero-order chi connectivity index (χ0) is 15.0. The summed E-state index contributed by atoms with van der Waals surface area (Å²) in [6.45, 7) is 7.18. The van der Waals surface area contributed by atoms with Crippen LogP contribution in [-0.2, 0) is 9.53 Å². The molecule has 0 radical (unpaired) electrons. The molecule has 0 spiro atoms. The van der Waals surface area contributed by atoms with Crippen LogP contribution in [0.25, 0.3) is 0 Å². The molecule has 0 aromatic rings. The van der Waals surface area contributed by atoms with Gasteiger partial charge in [0.1, 0.15) is 6.04 Å². The van der Waals surface area contributed by atoms with Crippen LogP contribution in [0.15, 0.2) is 0 Å². The van der Waals surface area contributed by atoms with Crippen LogP contribution in [0.1, 0.15) is 59.3 Å². The van der Waals surface area contributed by atoms with E-state index >= 15 is 0 Å². The van der Waals surface area contributed by atoms with Crippen LogP contribution >= 0.6 is 0 Å². The quantitative estimate of drug-likeness (QED) is 0.576. The molecule has 1 atom stereocenters. The summed E-state index contributed by atoms with van der Waals surface area (Å²) in [5, 5.41) is 3.33. The predicted octanol–water partition coefficient (Wildman–Crippen LogP) is 2.57. The minimum absolute atomic E-state index is 0.123. The average Bonchev–Trinajstić information content (AvgIpc) is 2.66. The Morgan fingerprint density at radius 2 is 1.85 bits per heavy atom. The minimum atomic E-state index is -0.219. The number of nitrogens with zero attached hydrogens (tertiary/aromatic N) is 1. The lowest BCUT2D eigenvalue weighted by atomic mass is 10.1. The molecule has 0 heterocycles. The molecule has 1 rings (SSSR count). The zero-order valence-electron chi connectivity index (χ0n) is 13.7. The number of ether oxygens (including phenoxy) is 1. The summed E-state index contributed by atoms with van der Waals surface area (Å²) in [7, 11) is 2.14. The molecular formula is C16H32N2O2. The van der Waals surface area contributed by atoms with Gasteiger partial charge in [-0.3, -0.25) is 4.79 Å². The Hall–Kier alpha value is -0.610. The van der Waals surface area contributed by atoms with Crippen molar-refractivity contribution in [1.29, 1.82) is 0 Å². The van der Waals surface area contributed by atoms with Crippen LogP contribution in [-0.4, -0.2) is 49.2 Å². The van der Waals surface area contributed by atoms with Crippen molar-refractivity contribution in [3.8, 4) is 0 Å². The molecule has 1 aliphatic carbocycles. The monoisotopic (exact) mass is 284 g/mol. The first-order chi connectivity index (χ1) is 9.54. The summed E-state index contributed by atoms with van der Waals surface area (Å²) in [6.07, 6.45) is 7.86. The number of esters is 1. The summed E-state index contributed by atoms with van der Waals surface area (Å²) in [4.78, 5) is 14.4. The van der Waals surface area contributed by atoms with Gasteiger partial charge in [0.15, 0.2) is 0 Å². The number of carbonyl (C=O) groups is 1. The molecule has 4 nitrogen and oxygen atoms in total. The molecule has 0 aromatic heterocycles. The second-order valence-electron chi connectivity index (χ2n) is 6.21. The lowest BCUT2D eigenvalue weighted by Crippen LogP contribution is -2.50. The molecule has 4 heteroatoms. The first-order valence-electron chi connectivity index (χ1n) is 8.17. The topological polar surface area (TPSA) is 41.6 Å². The van der Waals surface area contributed by atoms with E-state index in [0.29, 0.717) is 12.6 Å². The van der Waals surface area contributed by atoms with E-state index in [0.717, 1.165) is 6.54 Å². The summed E-state index contributed by atoms with van der Waals surface area (Å²) < 4.78 is 5.19. The van der Waals surface area contributed by atoms with Crippen molar-refractivity contribution < 1.29 is 9.53 Å². The second-order valence-corrected chi connectivity index (χ2v) is 6.21. The highest BCUT2D eigenvalue weighted by atomic mass is 16.5. The molecule has 1 aliphatic rings. The molecule has 1 unspecified atom stereocenters. The third-order valence-electron chi connectivity index (χ3n) is 4.02. The average molecular weight is 284 g/mol. The number of likely N-dealkylation sites (N-methyl/N-ethyl adjacent to an activating group) is 1. The van der Waals surface area contributed by atoms with Crippen LogP contribution in [0.3, 0.4) is 0 Å². The first-order valence-corrected chi connectivity index (χ1v) is 8.17. The van der Waals surface area contributed by atoms with Gasteiger partial charge in [-0.15, -0.1) is 0 Å². The fourth-order valence-electron chi connectivity index (χ4n) is 2.98. The first kappa shape index (κ1) is 17.4. The number of hydrogen-bond acceptors (Lipinski definition) is 4. The number of hydrogen-bond donors (Lipinski definition) is 1. The minimum Gasteiger partial charge on any atom is -0.465 e. The third-order valence-corrected chi connectivity index (χ3v) is 4.02. The lowest BCUT2D eigenvalue weighted by Gasteiger charge is -2.31. The van der Waals surface area contributed by atoms with Gasteiger partial charge < -0.3 is 15.0 Å². The van der Waals surface area contributed by atoms with Crippen molar-refractivity contribution in [3.05, 3.63) is 0 Å². The molecule has 1 N–H and O–H groups in total. The Bertz CT molecular complexity index is 274. The fourth-order valence-corrected chi connectivity index (χ4v) is 2.98. The van der Waals surface area contributed by atoms with Gasteiger partial charge in [0.25, 0.3) is 0 Å². The van der Waals surface area contributed by atoms with Crippen molar-refractivity contribution in [3.63, 3.8) is 0 Å². The Labute approximate surface area is 124 Å². The fraction of sp³-hybridized carbons (Fsp3) is 0.938. The van der Waals surface area contributed by atoms with Crippen molar-refractivity contribution in [1.82, 2.24) is 10.2 Å². The van der Waals surface area contributed by atoms with Crippen LogP contribution in [0.2, 0.25) is 0 Å². The van der Waals surface area contributed by atoms with E-state index < -0.39 is 0 Å². The smallest absolute Gasteiger partial charge is 0.324 e. The van der Waals surface area contributed by atoms with Crippen molar-refractivity contribution in [2.45, 2.75) is 77.4 Å². The second kappa shape index (κ2) is 9.35. The number of nitrogens with one attached hydrogen (secondary N) is 1. The molecule has 0 aliphatic heterocycles. The van der Waals surface area contributed by atoms with Gasteiger partial charge >= 0.3 is 5.97 Å².